The van der Waals surface area contributed by atoms with Crippen molar-refractivity contribution < 1.29 is 13.2 Å². The molecule has 72 valence electrons. The predicted octanol–water partition coefficient (Wildman–Crippen LogP) is 2.19. The molecule has 0 aromatic carbocycles. The second kappa shape index (κ2) is 3.83. The first-order valence-electron chi connectivity index (χ1n) is 3.32. The Kier molecular flexibility index (Phi) is 2.98. The second-order valence-electron chi connectivity index (χ2n) is 2.33. The lowest BCUT2D eigenvalue weighted by Gasteiger charge is -2.02. The molecule has 0 spiro atoms. The third-order valence-electron chi connectivity index (χ3n) is 1.48. The monoisotopic (exact) mass is 211 g/mol. The van der Waals surface area contributed by atoms with E-state index in [1.54, 1.807) is 4.98 Å². The van der Waals surface area contributed by atoms with Crippen molar-refractivity contribution in [2.75, 3.05) is 0 Å². The summed E-state index contributed by atoms with van der Waals surface area (Å²) in [4.78, 5) is 12.5. The number of pyridine rings is 1. The van der Waals surface area contributed by atoms with E-state index in [-0.39, 0.29) is 11.4 Å². The van der Waals surface area contributed by atoms with Gasteiger partial charge >= 0.3 is 0 Å². The Labute approximate surface area is 76.3 Å². The smallest absolute Gasteiger partial charge is 0.268 e. The first-order valence-corrected chi connectivity index (χ1v) is 3.85. The van der Waals surface area contributed by atoms with Crippen molar-refractivity contribution >= 4 is 11.6 Å². The van der Waals surface area contributed by atoms with E-state index in [0.717, 1.165) is 6.07 Å². The molecular formula is C7H5ClF3NO. The van der Waals surface area contributed by atoms with Crippen molar-refractivity contribution in [3.05, 3.63) is 33.5 Å². The highest BCUT2D eigenvalue weighted by molar-refractivity contribution is 6.17. The fourth-order valence-corrected chi connectivity index (χ4v) is 1.03. The largest absolute Gasteiger partial charge is 0.298 e. The molecule has 1 aromatic heterocycles. The topological polar surface area (TPSA) is 32.9 Å². The number of rotatable bonds is 2. The van der Waals surface area contributed by atoms with E-state index in [1.807, 2.05) is 0 Å². The molecule has 1 rings (SSSR count). The number of aromatic nitrogens is 1. The van der Waals surface area contributed by atoms with Crippen LogP contribution in [0.3, 0.4) is 0 Å². The maximum atomic E-state index is 12.6. The quantitative estimate of drug-likeness (QED) is 0.590. The van der Waals surface area contributed by atoms with Crippen LogP contribution in [0.2, 0.25) is 0 Å². The second-order valence-corrected chi connectivity index (χ2v) is 2.59. The lowest BCUT2D eigenvalue weighted by atomic mass is 10.2. The van der Waals surface area contributed by atoms with Gasteiger partial charge < -0.3 is 0 Å². The number of aromatic amines is 1. The molecule has 0 amide bonds. The van der Waals surface area contributed by atoms with Gasteiger partial charge in [-0.3, -0.25) is 9.78 Å². The van der Waals surface area contributed by atoms with Crippen LogP contribution in [-0.2, 0) is 5.88 Å². The molecule has 6 heteroatoms. The third kappa shape index (κ3) is 2.03. The molecule has 0 radical (unpaired) electrons. The number of halogens is 4. The minimum Gasteiger partial charge on any atom is -0.298 e. The van der Waals surface area contributed by atoms with E-state index in [0.29, 0.717) is 0 Å². The molecule has 0 aliphatic rings. The summed E-state index contributed by atoms with van der Waals surface area (Å²) in [6, 6.07) is 0.770. The SMILES string of the molecule is O=c1[nH]c(F)c(C(F)F)cc1CCl. The zero-order valence-electron chi connectivity index (χ0n) is 6.28. The summed E-state index contributed by atoms with van der Waals surface area (Å²) in [5.41, 5.74) is -1.69. The number of H-pyrrole nitrogens is 1. The maximum Gasteiger partial charge on any atom is 0.268 e. The van der Waals surface area contributed by atoms with Gasteiger partial charge in [-0.1, -0.05) is 0 Å². The first kappa shape index (κ1) is 10.1. The molecule has 1 aromatic rings. The average Bonchev–Trinajstić information content (AvgIpc) is 2.03. The molecule has 1 N–H and O–H groups in total. The Morgan fingerprint density at radius 3 is 2.62 bits per heavy atom. The van der Waals surface area contributed by atoms with E-state index in [4.69, 9.17) is 11.6 Å². The normalized spacial score (nSPS) is 10.8. The van der Waals surface area contributed by atoms with E-state index in [2.05, 4.69) is 0 Å². The summed E-state index contributed by atoms with van der Waals surface area (Å²) in [5, 5.41) is 0. The minimum atomic E-state index is -2.96. The molecule has 0 fully saturated rings. The molecule has 0 aliphatic carbocycles. The fraction of sp³-hybridized carbons (Fsp3) is 0.286. The highest BCUT2D eigenvalue weighted by Gasteiger charge is 2.15. The van der Waals surface area contributed by atoms with Crippen LogP contribution in [0.25, 0.3) is 0 Å². The standard InChI is InChI=1S/C7H5ClF3NO/c8-2-3-1-4(5(9)10)6(11)12-7(3)13/h1,5H,2H2,(H,12,13). The highest BCUT2D eigenvalue weighted by Crippen LogP contribution is 2.20. The highest BCUT2D eigenvalue weighted by atomic mass is 35.5. The lowest BCUT2D eigenvalue weighted by Crippen LogP contribution is -2.15. The van der Waals surface area contributed by atoms with Crippen molar-refractivity contribution in [2.24, 2.45) is 0 Å². The van der Waals surface area contributed by atoms with Crippen molar-refractivity contribution in [1.82, 2.24) is 4.98 Å². The molecule has 0 saturated heterocycles. The van der Waals surface area contributed by atoms with Crippen LogP contribution in [0.15, 0.2) is 10.9 Å². The predicted molar refractivity (Wildman–Crippen MR) is 41.5 cm³/mol. The van der Waals surface area contributed by atoms with Gasteiger partial charge in [-0.25, -0.2) is 8.78 Å². The molecule has 13 heavy (non-hydrogen) atoms. The number of hydrogen-bond acceptors (Lipinski definition) is 1. The average molecular weight is 212 g/mol. The van der Waals surface area contributed by atoms with Crippen molar-refractivity contribution in [3.63, 3.8) is 0 Å². The summed E-state index contributed by atoms with van der Waals surface area (Å²) in [6.07, 6.45) is -2.96. The summed E-state index contributed by atoms with van der Waals surface area (Å²) < 4.78 is 36.8. The van der Waals surface area contributed by atoms with Gasteiger partial charge in [-0.15, -0.1) is 11.6 Å². The van der Waals surface area contributed by atoms with Crippen LogP contribution in [0, 0.1) is 5.95 Å². The molecule has 0 unspecified atom stereocenters. The third-order valence-corrected chi connectivity index (χ3v) is 1.77. The molecule has 2 nitrogen and oxygen atoms in total. The number of alkyl halides is 3. The molecule has 0 atom stereocenters. The van der Waals surface area contributed by atoms with Crippen LogP contribution < -0.4 is 5.56 Å². The zero-order chi connectivity index (χ0) is 10.0. The van der Waals surface area contributed by atoms with E-state index < -0.39 is 23.5 Å². The molecule has 0 bridgehead atoms. The van der Waals surface area contributed by atoms with Gasteiger partial charge in [-0.2, -0.15) is 4.39 Å². The Bertz CT molecular complexity index is 363. The van der Waals surface area contributed by atoms with Crippen molar-refractivity contribution in [2.45, 2.75) is 12.3 Å². The molecular weight excluding hydrogens is 207 g/mol. The first-order chi connectivity index (χ1) is 6.06. The summed E-state index contributed by atoms with van der Waals surface area (Å²) >= 11 is 5.27. The van der Waals surface area contributed by atoms with Gasteiger partial charge in [0.15, 0.2) is 0 Å². The lowest BCUT2D eigenvalue weighted by molar-refractivity contribution is 0.145. The Morgan fingerprint density at radius 2 is 2.15 bits per heavy atom. The van der Waals surface area contributed by atoms with E-state index >= 15 is 0 Å². The Morgan fingerprint density at radius 1 is 1.54 bits per heavy atom. The van der Waals surface area contributed by atoms with Crippen LogP contribution in [0.4, 0.5) is 13.2 Å². The Balaban J connectivity index is 3.31. The van der Waals surface area contributed by atoms with Crippen LogP contribution in [0.5, 0.6) is 0 Å². The zero-order valence-corrected chi connectivity index (χ0v) is 7.04. The van der Waals surface area contributed by atoms with Crippen molar-refractivity contribution in [3.8, 4) is 0 Å². The van der Waals surface area contributed by atoms with E-state index in [9.17, 15) is 18.0 Å². The van der Waals surface area contributed by atoms with Crippen LogP contribution >= 0.6 is 11.6 Å². The van der Waals surface area contributed by atoms with Gasteiger partial charge in [0, 0.05) is 5.56 Å². The molecule has 0 saturated carbocycles. The van der Waals surface area contributed by atoms with E-state index in [1.165, 1.54) is 0 Å². The molecule has 1 heterocycles. The van der Waals surface area contributed by atoms with Gasteiger partial charge in [0.1, 0.15) is 0 Å². The van der Waals surface area contributed by atoms with Gasteiger partial charge in [-0.05, 0) is 6.07 Å². The van der Waals surface area contributed by atoms with Crippen molar-refractivity contribution in [1.29, 1.82) is 0 Å². The van der Waals surface area contributed by atoms with Gasteiger partial charge in [0.25, 0.3) is 12.0 Å². The van der Waals surface area contributed by atoms with Gasteiger partial charge in [0.2, 0.25) is 5.95 Å². The van der Waals surface area contributed by atoms with Crippen LogP contribution in [0.1, 0.15) is 17.6 Å². The number of nitrogens with one attached hydrogen (secondary N) is 1. The number of hydrogen-bond donors (Lipinski definition) is 1. The Hall–Kier alpha value is -0.970. The minimum absolute atomic E-state index is 0.0710. The molecule has 0 aliphatic heterocycles. The van der Waals surface area contributed by atoms with Crippen LogP contribution in [-0.4, -0.2) is 4.98 Å². The summed E-state index contributed by atoms with van der Waals surface area (Å²) in [5.74, 6) is -1.54. The summed E-state index contributed by atoms with van der Waals surface area (Å²) in [6.45, 7) is 0. The van der Waals surface area contributed by atoms with Gasteiger partial charge in [0.05, 0.1) is 11.4 Å². The summed E-state index contributed by atoms with van der Waals surface area (Å²) in [7, 11) is 0. The fourth-order valence-electron chi connectivity index (χ4n) is 0.827. The maximum absolute atomic E-state index is 12.6.